The zero-order valence-electron chi connectivity index (χ0n) is 11.1. The first-order valence-electron chi connectivity index (χ1n) is 6.41. The van der Waals surface area contributed by atoms with Crippen LogP contribution in [0.25, 0.3) is 0 Å². The van der Waals surface area contributed by atoms with Gasteiger partial charge in [-0.25, -0.2) is 8.42 Å². The highest BCUT2D eigenvalue weighted by molar-refractivity contribution is 7.92. The smallest absolute Gasteiger partial charge is 0.253 e. The SMILES string of the molecule is CS(=O)(=O)Nc1ccc(Cl)cc1C(=O)NCC1CCC1. The number of amides is 1. The molecule has 0 heterocycles. The van der Waals surface area contributed by atoms with Crippen LogP contribution in [-0.4, -0.2) is 27.1 Å². The Labute approximate surface area is 123 Å². The molecule has 2 N–H and O–H groups in total. The Hall–Kier alpha value is -1.27. The molecule has 1 amide bonds. The number of halogens is 1. The quantitative estimate of drug-likeness (QED) is 0.874. The van der Waals surface area contributed by atoms with Crippen molar-refractivity contribution in [1.29, 1.82) is 0 Å². The molecule has 1 aliphatic rings. The predicted molar refractivity (Wildman–Crippen MR) is 79.6 cm³/mol. The van der Waals surface area contributed by atoms with Crippen molar-refractivity contribution in [2.24, 2.45) is 5.92 Å². The lowest BCUT2D eigenvalue weighted by atomic mass is 9.85. The van der Waals surface area contributed by atoms with E-state index in [1.807, 2.05) is 0 Å². The molecule has 0 aromatic heterocycles. The molecule has 0 atom stereocenters. The van der Waals surface area contributed by atoms with Gasteiger partial charge in [0.05, 0.1) is 17.5 Å². The molecule has 0 spiro atoms. The van der Waals surface area contributed by atoms with Crippen LogP contribution in [0.1, 0.15) is 29.6 Å². The summed E-state index contributed by atoms with van der Waals surface area (Å²) in [5, 5.41) is 3.21. The third kappa shape index (κ3) is 4.11. The molecule has 7 heteroatoms. The van der Waals surface area contributed by atoms with Crippen molar-refractivity contribution in [2.75, 3.05) is 17.5 Å². The third-order valence-electron chi connectivity index (χ3n) is 3.30. The molecule has 1 aromatic rings. The first-order valence-corrected chi connectivity index (χ1v) is 8.67. The Kier molecular flexibility index (Phi) is 4.55. The highest BCUT2D eigenvalue weighted by Crippen LogP contribution is 2.26. The summed E-state index contributed by atoms with van der Waals surface area (Å²) in [6.07, 6.45) is 4.50. The maximum atomic E-state index is 12.1. The Balaban J connectivity index is 2.14. The van der Waals surface area contributed by atoms with Gasteiger partial charge in [-0.05, 0) is 37.0 Å². The summed E-state index contributed by atoms with van der Waals surface area (Å²) in [6, 6.07) is 4.49. The van der Waals surface area contributed by atoms with Crippen molar-refractivity contribution < 1.29 is 13.2 Å². The Morgan fingerprint density at radius 3 is 2.65 bits per heavy atom. The number of carbonyl (C=O) groups excluding carboxylic acids is 1. The summed E-state index contributed by atoms with van der Waals surface area (Å²) >= 11 is 5.88. The van der Waals surface area contributed by atoms with Gasteiger partial charge in [0, 0.05) is 11.6 Å². The fourth-order valence-electron chi connectivity index (χ4n) is 2.02. The maximum Gasteiger partial charge on any atom is 0.253 e. The fourth-order valence-corrected chi connectivity index (χ4v) is 2.77. The van der Waals surface area contributed by atoms with Crippen molar-refractivity contribution in [1.82, 2.24) is 5.32 Å². The zero-order chi connectivity index (χ0) is 14.8. The van der Waals surface area contributed by atoms with E-state index in [-0.39, 0.29) is 17.2 Å². The van der Waals surface area contributed by atoms with Crippen LogP contribution >= 0.6 is 11.6 Å². The molecule has 5 nitrogen and oxygen atoms in total. The highest BCUT2D eigenvalue weighted by atomic mass is 35.5. The van der Waals surface area contributed by atoms with E-state index in [9.17, 15) is 13.2 Å². The zero-order valence-corrected chi connectivity index (χ0v) is 12.7. The number of hydrogen-bond acceptors (Lipinski definition) is 3. The number of rotatable bonds is 5. The minimum Gasteiger partial charge on any atom is -0.352 e. The molecule has 0 radical (unpaired) electrons. The second-order valence-electron chi connectivity index (χ2n) is 5.07. The van der Waals surface area contributed by atoms with Gasteiger partial charge in [-0.1, -0.05) is 18.0 Å². The lowest BCUT2D eigenvalue weighted by molar-refractivity contribution is 0.0940. The number of benzene rings is 1. The van der Waals surface area contributed by atoms with E-state index in [1.165, 1.54) is 24.6 Å². The molecule has 1 aromatic carbocycles. The summed E-state index contributed by atoms with van der Waals surface area (Å²) in [5.74, 6) is 0.218. The van der Waals surface area contributed by atoms with E-state index < -0.39 is 10.0 Å². The van der Waals surface area contributed by atoms with Crippen molar-refractivity contribution >= 4 is 33.2 Å². The summed E-state index contributed by atoms with van der Waals surface area (Å²) in [6.45, 7) is 0.615. The topological polar surface area (TPSA) is 75.3 Å². The molecule has 1 fully saturated rings. The third-order valence-corrected chi connectivity index (χ3v) is 4.12. The van der Waals surface area contributed by atoms with Gasteiger partial charge in [-0.3, -0.25) is 9.52 Å². The van der Waals surface area contributed by atoms with Gasteiger partial charge in [0.2, 0.25) is 10.0 Å². The van der Waals surface area contributed by atoms with Crippen LogP contribution in [-0.2, 0) is 10.0 Å². The average Bonchev–Trinajstić information content (AvgIpc) is 2.27. The summed E-state index contributed by atoms with van der Waals surface area (Å²) in [5.41, 5.74) is 0.477. The van der Waals surface area contributed by atoms with Crippen LogP contribution in [0.4, 0.5) is 5.69 Å². The molecule has 0 unspecified atom stereocenters. The van der Waals surface area contributed by atoms with Crippen LogP contribution in [0.2, 0.25) is 5.02 Å². The van der Waals surface area contributed by atoms with Crippen molar-refractivity contribution in [3.8, 4) is 0 Å². The predicted octanol–water partition coefficient (Wildman–Crippen LogP) is 2.24. The number of carbonyl (C=O) groups is 1. The van der Waals surface area contributed by atoms with Gasteiger partial charge < -0.3 is 5.32 Å². The van der Waals surface area contributed by atoms with Gasteiger partial charge in [-0.2, -0.15) is 0 Å². The van der Waals surface area contributed by atoms with Crippen LogP contribution in [0.5, 0.6) is 0 Å². The number of anilines is 1. The normalized spacial score (nSPS) is 15.5. The van der Waals surface area contributed by atoms with Gasteiger partial charge >= 0.3 is 0 Å². The van der Waals surface area contributed by atoms with E-state index in [0.717, 1.165) is 19.1 Å². The lowest BCUT2D eigenvalue weighted by Gasteiger charge is -2.25. The molecule has 0 bridgehead atoms. The Bertz CT molecular complexity index is 612. The van der Waals surface area contributed by atoms with Crippen molar-refractivity contribution in [2.45, 2.75) is 19.3 Å². The van der Waals surface area contributed by atoms with Gasteiger partial charge in [0.15, 0.2) is 0 Å². The Morgan fingerprint density at radius 2 is 2.10 bits per heavy atom. The van der Waals surface area contributed by atoms with E-state index in [2.05, 4.69) is 10.0 Å². The molecule has 0 saturated heterocycles. The number of sulfonamides is 1. The summed E-state index contributed by atoms with van der Waals surface area (Å²) < 4.78 is 24.9. The van der Waals surface area contributed by atoms with E-state index in [1.54, 1.807) is 0 Å². The van der Waals surface area contributed by atoms with E-state index >= 15 is 0 Å². The molecule has 110 valence electrons. The molecular formula is C13H17ClN2O3S. The second kappa shape index (κ2) is 6.01. The molecule has 1 saturated carbocycles. The summed E-state index contributed by atoms with van der Waals surface area (Å²) in [4.78, 5) is 12.1. The van der Waals surface area contributed by atoms with E-state index in [4.69, 9.17) is 11.6 Å². The van der Waals surface area contributed by atoms with Gasteiger partial charge in [0.25, 0.3) is 5.91 Å². The van der Waals surface area contributed by atoms with E-state index in [0.29, 0.717) is 17.5 Å². The minimum absolute atomic E-state index is 0.238. The number of hydrogen-bond donors (Lipinski definition) is 2. The standard InChI is InChI=1S/C13H17ClN2O3S/c1-20(18,19)16-12-6-5-10(14)7-11(12)13(17)15-8-9-3-2-4-9/h5-7,9,16H,2-4,8H2,1H3,(H,15,17). The highest BCUT2D eigenvalue weighted by Gasteiger charge is 2.20. The van der Waals surface area contributed by atoms with Crippen molar-refractivity contribution in [3.63, 3.8) is 0 Å². The van der Waals surface area contributed by atoms with Crippen LogP contribution in [0.15, 0.2) is 18.2 Å². The van der Waals surface area contributed by atoms with Gasteiger partial charge in [0.1, 0.15) is 0 Å². The van der Waals surface area contributed by atoms with Crippen LogP contribution < -0.4 is 10.0 Å². The lowest BCUT2D eigenvalue weighted by Crippen LogP contribution is -2.32. The van der Waals surface area contributed by atoms with Gasteiger partial charge in [-0.15, -0.1) is 0 Å². The minimum atomic E-state index is -3.44. The first kappa shape index (κ1) is 15.1. The largest absolute Gasteiger partial charge is 0.352 e. The first-order chi connectivity index (χ1) is 9.35. The molecule has 20 heavy (non-hydrogen) atoms. The molecule has 0 aliphatic heterocycles. The summed E-state index contributed by atoms with van der Waals surface area (Å²) in [7, 11) is -3.44. The molecule has 2 rings (SSSR count). The average molecular weight is 317 g/mol. The van der Waals surface area contributed by atoms with Crippen LogP contribution in [0, 0.1) is 5.92 Å². The van der Waals surface area contributed by atoms with Crippen LogP contribution in [0.3, 0.4) is 0 Å². The maximum absolute atomic E-state index is 12.1. The monoisotopic (exact) mass is 316 g/mol. The fraction of sp³-hybridized carbons (Fsp3) is 0.462. The Morgan fingerprint density at radius 1 is 1.40 bits per heavy atom. The molecule has 1 aliphatic carbocycles. The number of nitrogens with one attached hydrogen (secondary N) is 2. The van der Waals surface area contributed by atoms with Crippen molar-refractivity contribution in [3.05, 3.63) is 28.8 Å². The molecular weight excluding hydrogens is 300 g/mol. The second-order valence-corrected chi connectivity index (χ2v) is 7.26.